The molecule has 280 valence electrons. The number of hydrogen-bond donors (Lipinski definition) is 4. The molecule has 1 aliphatic rings. The van der Waals surface area contributed by atoms with Gasteiger partial charge in [-0.1, -0.05) is 0 Å². The summed E-state index contributed by atoms with van der Waals surface area (Å²) in [6.45, 7) is 2.86. The van der Waals surface area contributed by atoms with Crippen molar-refractivity contribution in [3.63, 3.8) is 0 Å². The molecule has 1 saturated heterocycles. The summed E-state index contributed by atoms with van der Waals surface area (Å²) in [5.41, 5.74) is 0.202. The van der Waals surface area contributed by atoms with Crippen molar-refractivity contribution in [1.82, 2.24) is 20.4 Å². The van der Waals surface area contributed by atoms with Crippen molar-refractivity contribution in [2.45, 2.75) is 25.3 Å². The predicted molar refractivity (Wildman–Crippen MR) is 186 cm³/mol. The summed E-state index contributed by atoms with van der Waals surface area (Å²) in [7, 11) is 8.75. The Morgan fingerprint density at radius 2 is 1.16 bits per heavy atom. The van der Waals surface area contributed by atoms with Crippen LogP contribution >= 0.6 is 0 Å². The van der Waals surface area contributed by atoms with Gasteiger partial charge in [0.05, 0.1) is 54.3 Å². The van der Waals surface area contributed by atoms with Crippen LogP contribution in [0.4, 0.5) is 0 Å². The summed E-state index contributed by atoms with van der Waals surface area (Å²) < 4.78 is 32.1. The van der Waals surface area contributed by atoms with Gasteiger partial charge in [0.15, 0.2) is 0 Å². The lowest BCUT2D eigenvalue weighted by Gasteiger charge is -2.32. The van der Waals surface area contributed by atoms with Crippen molar-refractivity contribution >= 4 is 23.8 Å². The molecule has 1 heterocycles. The van der Waals surface area contributed by atoms with Gasteiger partial charge in [-0.2, -0.15) is 0 Å². The van der Waals surface area contributed by atoms with Gasteiger partial charge in [0, 0.05) is 63.1 Å². The molecule has 1 aliphatic heterocycles. The quantitative estimate of drug-likeness (QED) is 0.122. The third kappa shape index (κ3) is 10.9. The second kappa shape index (κ2) is 19.8. The molecule has 16 heteroatoms. The van der Waals surface area contributed by atoms with Crippen LogP contribution < -0.4 is 39.1 Å². The maximum absolute atomic E-state index is 13.1. The van der Waals surface area contributed by atoms with Gasteiger partial charge >= 0.3 is 11.9 Å². The Labute approximate surface area is 297 Å². The Morgan fingerprint density at radius 1 is 0.706 bits per heavy atom. The van der Waals surface area contributed by atoms with E-state index in [-0.39, 0.29) is 47.2 Å². The first-order chi connectivity index (χ1) is 24.5. The van der Waals surface area contributed by atoms with Gasteiger partial charge in [-0.15, -0.1) is 0 Å². The molecule has 2 aromatic rings. The number of carboxylic acid groups (broad SMARTS) is 2. The van der Waals surface area contributed by atoms with Crippen molar-refractivity contribution in [3.05, 3.63) is 47.0 Å². The molecule has 1 unspecified atom stereocenters. The van der Waals surface area contributed by atoms with E-state index in [1.54, 1.807) is 24.3 Å². The minimum absolute atomic E-state index is 0.208. The monoisotopic (exact) mass is 716 g/mol. The van der Waals surface area contributed by atoms with Gasteiger partial charge in [0.2, 0.25) is 0 Å². The highest BCUT2D eigenvalue weighted by molar-refractivity contribution is 6.00. The van der Waals surface area contributed by atoms with E-state index >= 15 is 0 Å². The maximum atomic E-state index is 13.1. The minimum Gasteiger partial charge on any atom is -0.496 e. The summed E-state index contributed by atoms with van der Waals surface area (Å²) in [6, 6.07) is 5.61. The average Bonchev–Trinajstić information content (AvgIpc) is 3.33. The third-order valence-corrected chi connectivity index (χ3v) is 8.41. The lowest BCUT2D eigenvalue weighted by Crippen LogP contribution is -2.45. The highest BCUT2D eigenvalue weighted by Gasteiger charge is 2.32. The Kier molecular flexibility index (Phi) is 15.6. The summed E-state index contributed by atoms with van der Waals surface area (Å²) in [5, 5.41) is 25.3. The van der Waals surface area contributed by atoms with E-state index in [9.17, 15) is 29.4 Å². The SMILES string of the molecule is COc1cc(OC)c(C(=O)NCCCN2CCCN(CCCNC(=O)c3c(OC)cc(OC)cc3OC)C(/C(=C\C(=O)O)C(=O)O)C2)c(OC)c1. The Balaban J connectivity index is 1.66. The molecule has 0 aliphatic carbocycles. The molecule has 51 heavy (non-hydrogen) atoms. The molecule has 3 rings (SSSR count). The number of nitrogens with one attached hydrogen (secondary N) is 2. The number of carbonyl (C=O) groups excluding carboxylic acids is 2. The third-order valence-electron chi connectivity index (χ3n) is 8.41. The van der Waals surface area contributed by atoms with Crippen molar-refractivity contribution in [1.29, 1.82) is 0 Å². The summed E-state index contributed by atoms with van der Waals surface area (Å²) >= 11 is 0. The van der Waals surface area contributed by atoms with Crippen molar-refractivity contribution in [2.75, 3.05) is 88.5 Å². The molecular formula is C35H48N4O12. The number of carbonyl (C=O) groups is 4. The van der Waals surface area contributed by atoms with Crippen LogP contribution in [0.5, 0.6) is 34.5 Å². The van der Waals surface area contributed by atoms with Crippen LogP contribution in [-0.2, 0) is 9.59 Å². The van der Waals surface area contributed by atoms with Gasteiger partial charge in [0.25, 0.3) is 11.8 Å². The van der Waals surface area contributed by atoms with E-state index in [0.717, 1.165) is 6.08 Å². The molecule has 2 aromatic carbocycles. The fraction of sp³-hybridized carbons (Fsp3) is 0.486. The number of carboxylic acids is 2. The number of methoxy groups -OCH3 is 6. The normalized spacial score (nSPS) is 15.3. The van der Waals surface area contributed by atoms with Crippen LogP contribution in [0.25, 0.3) is 0 Å². The van der Waals surface area contributed by atoms with E-state index in [1.807, 2.05) is 4.90 Å². The second-order valence-electron chi connectivity index (χ2n) is 11.5. The summed E-state index contributed by atoms with van der Waals surface area (Å²) in [5.74, 6) is -1.40. The van der Waals surface area contributed by atoms with Crippen LogP contribution in [-0.4, -0.2) is 138 Å². The first-order valence-corrected chi connectivity index (χ1v) is 16.3. The zero-order valence-electron chi connectivity index (χ0n) is 29.9. The van der Waals surface area contributed by atoms with Gasteiger partial charge < -0.3 is 54.2 Å². The fourth-order valence-corrected chi connectivity index (χ4v) is 5.93. The van der Waals surface area contributed by atoms with Gasteiger partial charge in [-0.05, 0) is 32.4 Å². The van der Waals surface area contributed by atoms with E-state index in [2.05, 4.69) is 15.5 Å². The van der Waals surface area contributed by atoms with Crippen LogP contribution in [0.1, 0.15) is 40.0 Å². The van der Waals surface area contributed by atoms with Crippen molar-refractivity contribution in [3.8, 4) is 34.5 Å². The lowest BCUT2D eigenvalue weighted by molar-refractivity contribution is -0.135. The van der Waals surface area contributed by atoms with E-state index in [0.29, 0.717) is 75.0 Å². The highest BCUT2D eigenvalue weighted by atomic mass is 16.5. The molecule has 0 radical (unpaired) electrons. The van der Waals surface area contributed by atoms with Crippen LogP contribution in [0, 0.1) is 0 Å². The summed E-state index contributed by atoms with van der Waals surface area (Å²) in [4.78, 5) is 54.2. The predicted octanol–water partition coefficient (Wildman–Crippen LogP) is 2.15. The summed E-state index contributed by atoms with van der Waals surface area (Å²) in [6.07, 6.45) is 2.42. The lowest BCUT2D eigenvalue weighted by atomic mass is 10.0. The Bertz CT molecular complexity index is 1510. The number of nitrogens with zero attached hydrogens (tertiary/aromatic N) is 2. The molecule has 0 spiro atoms. The Morgan fingerprint density at radius 3 is 1.55 bits per heavy atom. The largest absolute Gasteiger partial charge is 0.496 e. The molecule has 4 N–H and O–H groups in total. The van der Waals surface area contributed by atoms with Crippen LogP contribution in [0.2, 0.25) is 0 Å². The first kappa shape index (κ1) is 40.2. The van der Waals surface area contributed by atoms with Crippen molar-refractivity contribution in [2.24, 2.45) is 0 Å². The van der Waals surface area contributed by atoms with E-state index in [1.165, 1.54) is 42.7 Å². The van der Waals surface area contributed by atoms with Gasteiger partial charge in [-0.3, -0.25) is 14.5 Å². The molecule has 0 saturated carbocycles. The molecule has 1 fully saturated rings. The average molecular weight is 717 g/mol. The first-order valence-electron chi connectivity index (χ1n) is 16.3. The fourth-order valence-electron chi connectivity index (χ4n) is 5.93. The second-order valence-corrected chi connectivity index (χ2v) is 11.5. The molecule has 0 bridgehead atoms. The molecular weight excluding hydrogens is 668 g/mol. The number of amides is 2. The number of ether oxygens (including phenoxy) is 6. The van der Waals surface area contributed by atoms with Gasteiger partial charge in [0.1, 0.15) is 45.6 Å². The van der Waals surface area contributed by atoms with E-state index in [4.69, 9.17) is 28.4 Å². The molecule has 16 nitrogen and oxygen atoms in total. The van der Waals surface area contributed by atoms with Crippen molar-refractivity contribution < 1.29 is 57.8 Å². The number of hydrogen-bond acceptors (Lipinski definition) is 12. The van der Waals surface area contributed by atoms with E-state index < -0.39 is 23.9 Å². The number of aliphatic carboxylic acids is 2. The zero-order chi connectivity index (χ0) is 37.5. The molecule has 2 amide bonds. The number of rotatable bonds is 19. The van der Waals surface area contributed by atoms with Gasteiger partial charge in [-0.25, -0.2) is 9.59 Å². The van der Waals surface area contributed by atoms with Crippen LogP contribution in [0.3, 0.4) is 0 Å². The maximum Gasteiger partial charge on any atom is 0.333 e. The highest BCUT2D eigenvalue weighted by Crippen LogP contribution is 2.35. The number of benzene rings is 2. The Hall–Kier alpha value is -5.22. The standard InChI is InChI=1S/C35H48N4O12/c1-46-22-16-26(48-3)31(27(17-22)49-4)33(42)36-10-7-12-38-13-9-15-39(25(21-38)24(35(44)45)20-30(40)41)14-8-11-37-34(43)32-28(50-5)18-23(47-2)19-29(32)51-6/h16-20,25H,7-15,21H2,1-6H3,(H,36,42)(H,37,43)(H,40,41)(H,44,45)/b24-20+. The molecule has 0 aromatic heterocycles. The topological polar surface area (TPSA) is 195 Å². The minimum atomic E-state index is -1.36. The van der Waals surface area contributed by atoms with Crippen LogP contribution in [0.15, 0.2) is 35.9 Å². The zero-order valence-corrected chi connectivity index (χ0v) is 29.9. The molecule has 1 atom stereocenters. The smallest absolute Gasteiger partial charge is 0.333 e.